The van der Waals surface area contributed by atoms with Gasteiger partial charge in [0.25, 0.3) is 0 Å². The molecule has 6 rings (SSSR count). The second kappa shape index (κ2) is 9.83. The highest BCUT2D eigenvalue weighted by Gasteiger charge is 2.25. The Morgan fingerprint density at radius 3 is 2.58 bits per heavy atom. The first-order chi connectivity index (χ1) is 17.6. The number of amides is 1. The molecule has 2 fully saturated rings. The summed E-state index contributed by atoms with van der Waals surface area (Å²) in [5, 5.41) is 17.5. The van der Waals surface area contributed by atoms with Gasteiger partial charge in [0.1, 0.15) is 5.82 Å². The summed E-state index contributed by atoms with van der Waals surface area (Å²) in [6.45, 7) is 0.773. The van der Waals surface area contributed by atoms with Crippen LogP contribution in [0.3, 0.4) is 0 Å². The maximum atomic E-state index is 11.8. The third-order valence-electron chi connectivity index (χ3n) is 6.81. The molecule has 0 unspecified atom stereocenters. The predicted molar refractivity (Wildman–Crippen MR) is 143 cm³/mol. The van der Waals surface area contributed by atoms with Crippen molar-refractivity contribution in [3.8, 4) is 0 Å². The Balaban J connectivity index is 1.26. The molecule has 2 aliphatic rings. The highest BCUT2D eigenvalue weighted by Crippen LogP contribution is 2.33. The molecule has 1 aliphatic carbocycles. The van der Waals surface area contributed by atoms with Crippen LogP contribution in [0.1, 0.15) is 43.4 Å². The van der Waals surface area contributed by atoms with Crippen LogP contribution >= 0.6 is 11.3 Å². The lowest BCUT2D eigenvalue weighted by Gasteiger charge is -2.30. The van der Waals surface area contributed by atoms with Gasteiger partial charge in [0.05, 0.1) is 22.0 Å². The fourth-order valence-electron chi connectivity index (χ4n) is 4.76. The topological polar surface area (TPSA) is 103 Å². The van der Waals surface area contributed by atoms with E-state index in [9.17, 15) is 9.90 Å². The second-order valence-electron chi connectivity index (χ2n) is 9.47. The van der Waals surface area contributed by atoms with Crippen LogP contribution < -0.4 is 15.5 Å². The molecule has 2 aromatic heterocycles. The summed E-state index contributed by atoms with van der Waals surface area (Å²) in [4.78, 5) is 27.9. The van der Waals surface area contributed by atoms with Crippen LogP contribution in [-0.2, 0) is 11.2 Å². The van der Waals surface area contributed by atoms with Crippen LogP contribution in [0.4, 0.5) is 22.6 Å². The minimum absolute atomic E-state index is 0.164. The zero-order valence-corrected chi connectivity index (χ0v) is 20.7. The average molecular weight is 501 g/mol. The van der Waals surface area contributed by atoms with Crippen molar-refractivity contribution in [2.75, 3.05) is 22.1 Å². The molecule has 1 aliphatic heterocycles. The van der Waals surface area contributed by atoms with Crippen molar-refractivity contribution in [3.05, 3.63) is 65.9 Å². The first kappa shape index (κ1) is 22.9. The van der Waals surface area contributed by atoms with E-state index in [4.69, 9.17) is 15.0 Å². The molecule has 8 nitrogen and oxygen atoms in total. The number of carbonyl (C=O) groups is 1. The molecular weight excluding hydrogens is 472 g/mol. The molecule has 0 radical (unpaired) electrons. The quantitative estimate of drug-likeness (QED) is 0.311. The van der Waals surface area contributed by atoms with E-state index in [2.05, 4.69) is 22.8 Å². The molecule has 3 N–H and O–H groups in total. The lowest BCUT2D eigenvalue weighted by atomic mass is 9.93. The standard InChI is InChI=1S/C27H28N6O2S/c34-21-9-6-18(7-10-21)28-26-29-19(14-17-4-2-1-3-5-17)15-24(31-26)32-27-30-22-11-8-20(16-23(22)36-27)33-13-12-25(33)35/h1-5,8,11,15-16,18,21,34H,6-7,9-10,12-14H2,(H2,28,29,30,31,32). The second-order valence-corrected chi connectivity index (χ2v) is 10.5. The maximum Gasteiger partial charge on any atom is 0.228 e. The highest BCUT2D eigenvalue weighted by atomic mass is 32.1. The molecule has 4 aromatic rings. The minimum Gasteiger partial charge on any atom is -0.393 e. The number of fused-ring (bicyclic) bond motifs is 1. The predicted octanol–water partition coefficient (Wildman–Crippen LogP) is 4.87. The Morgan fingerprint density at radius 1 is 1.00 bits per heavy atom. The van der Waals surface area contributed by atoms with Crippen molar-refractivity contribution < 1.29 is 9.90 Å². The molecule has 184 valence electrons. The van der Waals surface area contributed by atoms with Crippen LogP contribution in [0.5, 0.6) is 0 Å². The zero-order valence-electron chi connectivity index (χ0n) is 19.9. The van der Waals surface area contributed by atoms with E-state index in [-0.39, 0.29) is 18.1 Å². The van der Waals surface area contributed by atoms with Crippen molar-refractivity contribution in [2.45, 2.75) is 50.7 Å². The SMILES string of the molecule is O=C1CCN1c1ccc2nc(Nc3cc(Cc4ccccc4)nc(NC4CCC(O)CC4)n3)sc2c1. The molecule has 2 aromatic carbocycles. The van der Waals surface area contributed by atoms with Gasteiger partial charge in [0.2, 0.25) is 11.9 Å². The van der Waals surface area contributed by atoms with Crippen LogP contribution in [-0.4, -0.2) is 44.7 Å². The summed E-state index contributed by atoms with van der Waals surface area (Å²) in [5.74, 6) is 1.44. The maximum absolute atomic E-state index is 11.8. The van der Waals surface area contributed by atoms with Crippen molar-refractivity contribution in [2.24, 2.45) is 0 Å². The molecule has 0 bridgehead atoms. The van der Waals surface area contributed by atoms with Gasteiger partial charge in [0.15, 0.2) is 5.13 Å². The van der Waals surface area contributed by atoms with Crippen molar-refractivity contribution in [1.29, 1.82) is 0 Å². The fraction of sp³-hybridized carbons (Fsp3) is 0.333. The van der Waals surface area contributed by atoms with Crippen molar-refractivity contribution in [3.63, 3.8) is 0 Å². The summed E-state index contributed by atoms with van der Waals surface area (Å²) in [7, 11) is 0. The molecule has 0 spiro atoms. The zero-order chi connectivity index (χ0) is 24.5. The number of aliphatic hydroxyl groups is 1. The summed E-state index contributed by atoms with van der Waals surface area (Å²) in [5.41, 5.74) is 3.90. The number of β-lactam (4-membered cyclic amide) rings is 1. The lowest BCUT2D eigenvalue weighted by Crippen LogP contribution is -2.43. The van der Waals surface area contributed by atoms with E-state index in [1.165, 1.54) is 5.56 Å². The Morgan fingerprint density at radius 2 is 1.83 bits per heavy atom. The normalized spacial score (nSPS) is 19.8. The van der Waals surface area contributed by atoms with Gasteiger partial charge >= 0.3 is 0 Å². The van der Waals surface area contributed by atoms with Gasteiger partial charge in [-0.05, 0) is 49.4 Å². The van der Waals surface area contributed by atoms with Gasteiger partial charge in [-0.3, -0.25) is 4.79 Å². The number of carbonyl (C=O) groups excluding carboxylic acids is 1. The molecule has 1 saturated heterocycles. The van der Waals surface area contributed by atoms with Gasteiger partial charge in [-0.2, -0.15) is 4.98 Å². The Kier molecular flexibility index (Phi) is 6.25. The molecule has 1 amide bonds. The Bertz CT molecular complexity index is 1380. The number of rotatable bonds is 7. The number of nitrogens with one attached hydrogen (secondary N) is 2. The molecule has 9 heteroatoms. The van der Waals surface area contributed by atoms with E-state index in [0.29, 0.717) is 24.6 Å². The molecular formula is C27H28N6O2S. The Labute approximate surface area is 213 Å². The molecule has 0 atom stereocenters. The van der Waals surface area contributed by atoms with Crippen LogP contribution in [0.15, 0.2) is 54.6 Å². The number of aliphatic hydroxyl groups excluding tert-OH is 1. The monoisotopic (exact) mass is 500 g/mol. The van der Waals surface area contributed by atoms with Crippen molar-refractivity contribution >= 4 is 50.0 Å². The number of hydrogen-bond donors (Lipinski definition) is 3. The number of benzene rings is 2. The van der Waals surface area contributed by atoms with E-state index >= 15 is 0 Å². The fourth-order valence-corrected chi connectivity index (χ4v) is 5.66. The Hall–Kier alpha value is -3.56. The highest BCUT2D eigenvalue weighted by molar-refractivity contribution is 7.22. The average Bonchev–Trinajstić information content (AvgIpc) is 3.26. The van der Waals surface area contributed by atoms with E-state index in [1.54, 1.807) is 16.2 Å². The largest absolute Gasteiger partial charge is 0.393 e. The molecule has 36 heavy (non-hydrogen) atoms. The number of anilines is 4. The van der Waals surface area contributed by atoms with Gasteiger partial charge in [-0.25, -0.2) is 9.97 Å². The number of nitrogens with zero attached hydrogens (tertiary/aromatic N) is 4. The third kappa shape index (κ3) is 5.03. The summed E-state index contributed by atoms with van der Waals surface area (Å²) in [6.07, 6.45) is 4.50. The summed E-state index contributed by atoms with van der Waals surface area (Å²) in [6, 6.07) is 18.4. The van der Waals surface area contributed by atoms with E-state index in [0.717, 1.165) is 59.0 Å². The van der Waals surface area contributed by atoms with Crippen molar-refractivity contribution in [1.82, 2.24) is 15.0 Å². The van der Waals surface area contributed by atoms with Gasteiger partial charge in [-0.1, -0.05) is 41.7 Å². The van der Waals surface area contributed by atoms with Gasteiger partial charge in [-0.15, -0.1) is 0 Å². The minimum atomic E-state index is -0.204. The van der Waals surface area contributed by atoms with Gasteiger partial charge < -0.3 is 20.6 Å². The van der Waals surface area contributed by atoms with Crippen LogP contribution in [0, 0.1) is 0 Å². The number of thiazole rings is 1. The molecule has 1 saturated carbocycles. The number of hydrogen-bond acceptors (Lipinski definition) is 8. The first-order valence-electron chi connectivity index (χ1n) is 12.4. The van der Waals surface area contributed by atoms with Crippen LogP contribution in [0.2, 0.25) is 0 Å². The molecule has 3 heterocycles. The smallest absolute Gasteiger partial charge is 0.228 e. The summed E-state index contributed by atoms with van der Waals surface area (Å²) < 4.78 is 1.02. The third-order valence-corrected chi connectivity index (χ3v) is 7.74. The van der Waals surface area contributed by atoms with Gasteiger partial charge in [0, 0.05) is 37.2 Å². The van der Waals surface area contributed by atoms with E-state index < -0.39 is 0 Å². The van der Waals surface area contributed by atoms with E-state index in [1.807, 2.05) is 42.5 Å². The number of aromatic nitrogens is 3. The lowest BCUT2D eigenvalue weighted by molar-refractivity contribution is -0.122. The van der Waals surface area contributed by atoms with Crippen LogP contribution in [0.25, 0.3) is 10.2 Å². The first-order valence-corrected chi connectivity index (χ1v) is 13.3. The summed E-state index contributed by atoms with van der Waals surface area (Å²) >= 11 is 1.54.